The Morgan fingerprint density at radius 3 is 2.53 bits per heavy atom. The number of epoxide rings is 1. The fourth-order valence-electron chi connectivity index (χ4n) is 1.32. The van der Waals surface area contributed by atoms with E-state index in [1.165, 1.54) is 6.07 Å². The van der Waals surface area contributed by atoms with Gasteiger partial charge in [-0.05, 0) is 17.7 Å². The number of halogens is 4. The Balaban J connectivity index is 2.21. The van der Waals surface area contributed by atoms with Crippen LogP contribution in [0.3, 0.4) is 0 Å². The fourth-order valence-corrected chi connectivity index (χ4v) is 1.86. The molecule has 82 valence electrons. The maximum absolute atomic E-state index is 12.3. The molecule has 1 nitrogen and oxygen atoms in total. The van der Waals surface area contributed by atoms with Crippen LogP contribution in [0.4, 0.5) is 13.2 Å². The molecular weight excluding hydrogens is 273 g/mol. The van der Waals surface area contributed by atoms with Gasteiger partial charge in [-0.3, -0.25) is 0 Å². The second-order valence-electron chi connectivity index (χ2n) is 3.46. The molecule has 0 aliphatic carbocycles. The number of ether oxygens (including phenoxy) is 1. The molecule has 2 rings (SSSR count). The van der Waals surface area contributed by atoms with Crippen LogP contribution >= 0.6 is 15.9 Å². The van der Waals surface area contributed by atoms with Gasteiger partial charge in [-0.25, -0.2) is 0 Å². The molecule has 1 aromatic carbocycles. The topological polar surface area (TPSA) is 12.5 Å². The molecule has 1 saturated heterocycles. The molecule has 1 atom stereocenters. The molecule has 1 heterocycles. The predicted octanol–water partition coefficient (Wildman–Crippen LogP) is 3.41. The van der Waals surface area contributed by atoms with Crippen molar-refractivity contribution in [1.29, 1.82) is 0 Å². The van der Waals surface area contributed by atoms with Crippen LogP contribution in [0.5, 0.6) is 0 Å². The Labute approximate surface area is 93.4 Å². The number of benzene rings is 1. The third-order valence-electron chi connectivity index (χ3n) is 2.23. The van der Waals surface area contributed by atoms with Crippen LogP contribution in [0, 0.1) is 0 Å². The molecule has 1 unspecified atom stereocenters. The summed E-state index contributed by atoms with van der Waals surface area (Å²) in [6, 6.07) is 3.70. The van der Waals surface area contributed by atoms with Gasteiger partial charge in [-0.15, -0.1) is 0 Å². The van der Waals surface area contributed by atoms with Gasteiger partial charge < -0.3 is 4.74 Å². The van der Waals surface area contributed by atoms with Crippen LogP contribution < -0.4 is 0 Å². The Morgan fingerprint density at radius 2 is 2.07 bits per heavy atom. The normalized spacial score (nSPS) is 20.4. The first-order chi connectivity index (χ1) is 6.97. The zero-order valence-corrected chi connectivity index (χ0v) is 9.23. The van der Waals surface area contributed by atoms with Gasteiger partial charge in [0.2, 0.25) is 0 Å². The molecule has 1 fully saturated rings. The summed E-state index contributed by atoms with van der Waals surface area (Å²) in [5.74, 6) is 0. The van der Waals surface area contributed by atoms with E-state index >= 15 is 0 Å². The summed E-state index contributed by atoms with van der Waals surface area (Å²) >= 11 is 3.14. The first-order valence-electron chi connectivity index (χ1n) is 4.44. The number of rotatable bonds is 2. The smallest absolute Gasteiger partial charge is 0.373 e. The minimum absolute atomic E-state index is 0.179. The van der Waals surface area contributed by atoms with E-state index in [9.17, 15) is 13.2 Å². The van der Waals surface area contributed by atoms with E-state index < -0.39 is 11.7 Å². The SMILES string of the molecule is FC(F)(F)c1ccc(CC2CO2)c(Br)c1. The van der Waals surface area contributed by atoms with Crippen LogP contribution in [0.2, 0.25) is 0 Å². The molecule has 0 aromatic heterocycles. The van der Waals surface area contributed by atoms with Crippen molar-refractivity contribution in [3.05, 3.63) is 33.8 Å². The average Bonchev–Trinajstić information content (AvgIpc) is 2.90. The highest BCUT2D eigenvalue weighted by Gasteiger charge is 2.31. The van der Waals surface area contributed by atoms with Gasteiger partial charge in [0.1, 0.15) is 0 Å². The second-order valence-corrected chi connectivity index (χ2v) is 4.32. The Kier molecular flexibility index (Phi) is 2.77. The average molecular weight is 281 g/mol. The molecule has 0 N–H and O–H groups in total. The minimum atomic E-state index is -4.28. The van der Waals surface area contributed by atoms with Gasteiger partial charge in [0.25, 0.3) is 0 Å². The second kappa shape index (κ2) is 3.79. The van der Waals surface area contributed by atoms with Crippen molar-refractivity contribution in [3.63, 3.8) is 0 Å². The van der Waals surface area contributed by atoms with E-state index in [2.05, 4.69) is 15.9 Å². The standard InChI is InChI=1S/C10H8BrF3O/c11-9-4-7(10(12,13)14)2-1-6(9)3-8-5-15-8/h1-2,4,8H,3,5H2. The molecule has 15 heavy (non-hydrogen) atoms. The van der Waals surface area contributed by atoms with Crippen molar-refractivity contribution in [2.45, 2.75) is 18.7 Å². The van der Waals surface area contributed by atoms with E-state index in [1.807, 2.05) is 0 Å². The molecule has 1 aliphatic heterocycles. The Bertz CT molecular complexity index is 371. The number of alkyl halides is 3. The number of hydrogen-bond donors (Lipinski definition) is 0. The summed E-state index contributed by atoms with van der Waals surface area (Å²) < 4.78 is 42.5. The maximum Gasteiger partial charge on any atom is 0.416 e. The molecule has 0 bridgehead atoms. The molecule has 0 amide bonds. The molecule has 0 saturated carbocycles. The van der Waals surface area contributed by atoms with Crippen LogP contribution in [0.1, 0.15) is 11.1 Å². The molecule has 0 radical (unpaired) electrons. The van der Waals surface area contributed by atoms with Crippen molar-refractivity contribution >= 4 is 15.9 Å². The van der Waals surface area contributed by atoms with E-state index in [0.29, 0.717) is 17.5 Å². The lowest BCUT2D eigenvalue weighted by atomic mass is 10.1. The van der Waals surface area contributed by atoms with E-state index in [4.69, 9.17) is 4.74 Å². The predicted molar refractivity (Wildman–Crippen MR) is 52.6 cm³/mol. The highest BCUT2D eigenvalue weighted by molar-refractivity contribution is 9.10. The molecule has 5 heteroatoms. The zero-order valence-electron chi connectivity index (χ0n) is 7.64. The first-order valence-corrected chi connectivity index (χ1v) is 5.23. The quantitative estimate of drug-likeness (QED) is 0.757. The minimum Gasteiger partial charge on any atom is -0.373 e. The largest absolute Gasteiger partial charge is 0.416 e. The Hall–Kier alpha value is -0.550. The summed E-state index contributed by atoms with van der Waals surface area (Å²) in [5, 5.41) is 0. The monoisotopic (exact) mass is 280 g/mol. The van der Waals surface area contributed by atoms with Crippen molar-refractivity contribution in [3.8, 4) is 0 Å². The lowest BCUT2D eigenvalue weighted by Gasteiger charge is -2.09. The van der Waals surface area contributed by atoms with Gasteiger partial charge in [-0.2, -0.15) is 13.2 Å². The summed E-state index contributed by atoms with van der Waals surface area (Å²) in [7, 11) is 0. The van der Waals surface area contributed by atoms with Crippen LogP contribution in [-0.2, 0) is 17.3 Å². The van der Waals surface area contributed by atoms with Gasteiger partial charge in [0, 0.05) is 10.9 Å². The summed E-state index contributed by atoms with van der Waals surface area (Å²) in [4.78, 5) is 0. The Morgan fingerprint density at radius 1 is 1.40 bits per heavy atom. The highest BCUT2D eigenvalue weighted by Crippen LogP contribution is 2.33. The third-order valence-corrected chi connectivity index (χ3v) is 2.97. The number of hydrogen-bond acceptors (Lipinski definition) is 1. The molecule has 1 aromatic rings. The summed E-state index contributed by atoms with van der Waals surface area (Å²) in [6.45, 7) is 0.702. The van der Waals surface area contributed by atoms with Crippen LogP contribution in [0.15, 0.2) is 22.7 Å². The fraction of sp³-hybridized carbons (Fsp3) is 0.400. The van der Waals surface area contributed by atoms with Gasteiger partial charge in [0.05, 0.1) is 18.3 Å². The summed E-state index contributed by atoms with van der Waals surface area (Å²) in [5.41, 5.74) is 0.223. The van der Waals surface area contributed by atoms with Crippen molar-refractivity contribution in [2.75, 3.05) is 6.61 Å². The van der Waals surface area contributed by atoms with Gasteiger partial charge in [-0.1, -0.05) is 22.0 Å². The van der Waals surface area contributed by atoms with Crippen LogP contribution in [0.25, 0.3) is 0 Å². The van der Waals surface area contributed by atoms with Crippen LogP contribution in [-0.4, -0.2) is 12.7 Å². The van der Waals surface area contributed by atoms with Crippen molar-refractivity contribution in [2.24, 2.45) is 0 Å². The lowest BCUT2D eigenvalue weighted by molar-refractivity contribution is -0.137. The molecule has 1 aliphatic rings. The van der Waals surface area contributed by atoms with E-state index in [1.54, 1.807) is 0 Å². The van der Waals surface area contributed by atoms with Gasteiger partial charge >= 0.3 is 6.18 Å². The highest BCUT2D eigenvalue weighted by atomic mass is 79.9. The zero-order chi connectivity index (χ0) is 11.1. The van der Waals surface area contributed by atoms with E-state index in [-0.39, 0.29) is 6.10 Å². The van der Waals surface area contributed by atoms with Crippen molar-refractivity contribution < 1.29 is 17.9 Å². The molecular formula is C10H8BrF3O. The summed E-state index contributed by atoms with van der Waals surface area (Å²) in [6.07, 6.45) is -3.44. The van der Waals surface area contributed by atoms with Crippen molar-refractivity contribution in [1.82, 2.24) is 0 Å². The van der Waals surface area contributed by atoms with E-state index in [0.717, 1.165) is 17.7 Å². The molecule has 0 spiro atoms. The maximum atomic E-state index is 12.3. The van der Waals surface area contributed by atoms with Gasteiger partial charge in [0.15, 0.2) is 0 Å². The third kappa shape index (κ3) is 2.72. The first kappa shape index (κ1) is 11.0. The lowest BCUT2D eigenvalue weighted by Crippen LogP contribution is -2.05.